The molecule has 0 amide bonds. The van der Waals surface area contributed by atoms with Gasteiger partial charge in [-0.2, -0.15) is 0 Å². The summed E-state index contributed by atoms with van der Waals surface area (Å²) in [7, 11) is 2.97. The Labute approximate surface area is 157 Å². The van der Waals surface area contributed by atoms with Crippen LogP contribution in [-0.2, 0) is 23.0 Å². The fourth-order valence-electron chi connectivity index (χ4n) is 2.96. The van der Waals surface area contributed by atoms with Crippen molar-refractivity contribution in [1.29, 1.82) is 0 Å². The van der Waals surface area contributed by atoms with E-state index in [1.165, 1.54) is 7.11 Å². The Morgan fingerprint density at radius 2 is 1.37 bits per heavy atom. The Morgan fingerprint density at radius 1 is 0.852 bits per heavy atom. The van der Waals surface area contributed by atoms with E-state index in [9.17, 15) is 14.4 Å². The van der Waals surface area contributed by atoms with Gasteiger partial charge < -0.3 is 9.30 Å². The molecule has 0 spiro atoms. The first-order chi connectivity index (χ1) is 13.0. The van der Waals surface area contributed by atoms with Gasteiger partial charge in [0.05, 0.1) is 19.2 Å². The van der Waals surface area contributed by atoms with E-state index in [4.69, 9.17) is 4.74 Å². The molecule has 0 radical (unpaired) electrons. The predicted molar refractivity (Wildman–Crippen MR) is 101 cm³/mol. The maximum atomic E-state index is 13.0. The van der Waals surface area contributed by atoms with Crippen LogP contribution in [0.1, 0.15) is 37.7 Å². The molecule has 0 aliphatic rings. The number of carbonyl (C=O) groups excluding carboxylic acids is 3. The van der Waals surface area contributed by atoms with Crippen LogP contribution < -0.4 is 0 Å². The first-order valence-electron chi connectivity index (χ1n) is 8.47. The Hall–Kier alpha value is -3.47. The van der Waals surface area contributed by atoms with Crippen molar-refractivity contribution in [2.24, 2.45) is 7.05 Å². The number of ketones is 2. The van der Waals surface area contributed by atoms with E-state index in [1.807, 2.05) is 12.1 Å². The van der Waals surface area contributed by atoms with Crippen LogP contribution in [0, 0.1) is 0 Å². The van der Waals surface area contributed by atoms with Gasteiger partial charge in [0, 0.05) is 29.4 Å². The van der Waals surface area contributed by atoms with E-state index < -0.39 is 5.97 Å². The molecule has 1 heterocycles. The first kappa shape index (κ1) is 18.3. The summed E-state index contributed by atoms with van der Waals surface area (Å²) in [6.07, 6.45) is -0.0943. The highest BCUT2D eigenvalue weighted by Gasteiger charge is 2.25. The second-order valence-electron chi connectivity index (χ2n) is 6.09. The Kier molecular flexibility index (Phi) is 5.31. The number of carbonyl (C=O) groups is 3. The van der Waals surface area contributed by atoms with Crippen molar-refractivity contribution in [3.05, 3.63) is 94.8 Å². The maximum absolute atomic E-state index is 13.0. The Bertz CT molecular complexity index is 988. The van der Waals surface area contributed by atoms with Gasteiger partial charge in [-0.15, -0.1) is 0 Å². The van der Waals surface area contributed by atoms with E-state index in [0.29, 0.717) is 28.1 Å². The first-order valence-corrected chi connectivity index (χ1v) is 8.47. The van der Waals surface area contributed by atoms with Gasteiger partial charge in [0.15, 0.2) is 5.78 Å². The van der Waals surface area contributed by atoms with Gasteiger partial charge in [-0.05, 0) is 6.07 Å². The highest BCUT2D eigenvalue weighted by molar-refractivity contribution is 6.14. The minimum atomic E-state index is -0.475. The molecule has 0 saturated carbocycles. The molecule has 0 fully saturated rings. The molecule has 0 aliphatic carbocycles. The number of benzene rings is 2. The summed E-state index contributed by atoms with van der Waals surface area (Å²) in [5.41, 5.74) is 2.14. The summed E-state index contributed by atoms with van der Waals surface area (Å²) < 4.78 is 6.36. The summed E-state index contributed by atoms with van der Waals surface area (Å²) in [6.45, 7) is 0. The molecule has 3 rings (SSSR count). The largest absolute Gasteiger partial charge is 0.469 e. The van der Waals surface area contributed by atoms with Crippen molar-refractivity contribution in [3.63, 3.8) is 0 Å². The van der Waals surface area contributed by atoms with Crippen molar-refractivity contribution in [3.8, 4) is 0 Å². The molecule has 2 aromatic carbocycles. The normalized spacial score (nSPS) is 10.4. The van der Waals surface area contributed by atoms with Gasteiger partial charge in [0.1, 0.15) is 0 Å². The zero-order chi connectivity index (χ0) is 19.4. The molecule has 0 bridgehead atoms. The van der Waals surface area contributed by atoms with Gasteiger partial charge >= 0.3 is 5.97 Å². The third-order valence-corrected chi connectivity index (χ3v) is 4.45. The Morgan fingerprint density at radius 3 is 1.89 bits per heavy atom. The molecular formula is C22H19NO4. The number of nitrogens with zero attached hydrogens (tertiary/aromatic N) is 1. The highest BCUT2D eigenvalue weighted by Crippen LogP contribution is 2.22. The number of rotatable bonds is 6. The van der Waals surface area contributed by atoms with Crippen molar-refractivity contribution in [2.45, 2.75) is 6.42 Å². The average molecular weight is 361 g/mol. The fraction of sp³-hybridized carbons (Fsp3) is 0.136. The number of hydrogen-bond acceptors (Lipinski definition) is 4. The summed E-state index contributed by atoms with van der Waals surface area (Å²) in [4.78, 5) is 37.7. The summed E-state index contributed by atoms with van der Waals surface area (Å²) in [6, 6.07) is 19.1. The van der Waals surface area contributed by atoms with E-state index in [0.717, 1.165) is 0 Å². The van der Waals surface area contributed by atoms with Crippen molar-refractivity contribution in [2.75, 3.05) is 7.11 Å². The van der Waals surface area contributed by atoms with E-state index in [-0.39, 0.29) is 18.0 Å². The van der Waals surface area contributed by atoms with Crippen LogP contribution in [0.2, 0.25) is 0 Å². The molecule has 0 atom stereocenters. The number of methoxy groups -OCH3 is 1. The van der Waals surface area contributed by atoms with Crippen LogP contribution >= 0.6 is 0 Å². The lowest BCUT2D eigenvalue weighted by Crippen LogP contribution is -2.14. The lowest BCUT2D eigenvalue weighted by Gasteiger charge is -2.08. The van der Waals surface area contributed by atoms with Crippen LogP contribution in [0.3, 0.4) is 0 Å². The van der Waals surface area contributed by atoms with Crippen molar-refractivity contribution < 1.29 is 19.1 Å². The van der Waals surface area contributed by atoms with Gasteiger partial charge in [-0.25, -0.2) is 0 Å². The molecular weight excluding hydrogens is 342 g/mol. The van der Waals surface area contributed by atoms with Gasteiger partial charge in [0.25, 0.3) is 0 Å². The van der Waals surface area contributed by atoms with Crippen LogP contribution in [0.15, 0.2) is 66.7 Å². The molecule has 0 N–H and O–H groups in total. The zero-order valence-corrected chi connectivity index (χ0v) is 15.1. The third kappa shape index (κ3) is 3.72. The molecule has 27 heavy (non-hydrogen) atoms. The van der Waals surface area contributed by atoms with Crippen LogP contribution in [0.4, 0.5) is 0 Å². The summed E-state index contributed by atoms with van der Waals surface area (Å²) >= 11 is 0. The molecule has 136 valence electrons. The number of esters is 1. The minimum absolute atomic E-state index is 0.0943. The quantitative estimate of drug-likeness (QED) is 0.500. The SMILES string of the molecule is COC(=O)Cc1c(C(=O)c2ccccc2)cc(C(=O)c2ccccc2)n1C. The van der Waals surface area contributed by atoms with Gasteiger partial charge in [-0.1, -0.05) is 60.7 Å². The zero-order valence-electron chi connectivity index (χ0n) is 15.1. The Balaban J connectivity index is 2.10. The molecule has 0 aliphatic heterocycles. The van der Waals surface area contributed by atoms with Gasteiger partial charge in [0.2, 0.25) is 5.78 Å². The topological polar surface area (TPSA) is 65.4 Å². The fourth-order valence-corrected chi connectivity index (χ4v) is 2.96. The molecule has 0 saturated heterocycles. The lowest BCUT2D eigenvalue weighted by molar-refractivity contribution is -0.139. The second kappa shape index (κ2) is 7.83. The smallest absolute Gasteiger partial charge is 0.311 e. The monoisotopic (exact) mass is 361 g/mol. The van der Waals surface area contributed by atoms with E-state index in [2.05, 4.69) is 0 Å². The third-order valence-electron chi connectivity index (χ3n) is 4.45. The molecule has 5 heteroatoms. The van der Waals surface area contributed by atoms with Crippen LogP contribution in [0.25, 0.3) is 0 Å². The van der Waals surface area contributed by atoms with E-state index >= 15 is 0 Å². The second-order valence-corrected chi connectivity index (χ2v) is 6.09. The highest BCUT2D eigenvalue weighted by atomic mass is 16.5. The van der Waals surface area contributed by atoms with Crippen LogP contribution in [0.5, 0.6) is 0 Å². The number of hydrogen-bond donors (Lipinski definition) is 0. The van der Waals surface area contributed by atoms with Crippen molar-refractivity contribution >= 4 is 17.5 Å². The summed E-state index contributed by atoms with van der Waals surface area (Å²) in [5, 5.41) is 0. The number of ether oxygens (including phenoxy) is 1. The number of aromatic nitrogens is 1. The molecule has 1 aromatic heterocycles. The average Bonchev–Trinajstić information content (AvgIpc) is 3.04. The standard InChI is InChI=1S/C22H19NO4/c1-23-18(14-20(24)27-2)17(21(25)15-9-5-3-6-10-15)13-19(23)22(26)16-11-7-4-8-12-16/h3-13H,14H2,1-2H3. The minimum Gasteiger partial charge on any atom is -0.469 e. The van der Waals surface area contributed by atoms with Crippen molar-refractivity contribution in [1.82, 2.24) is 4.57 Å². The lowest BCUT2D eigenvalue weighted by atomic mass is 10.0. The predicted octanol–water partition coefficient (Wildman–Crippen LogP) is 3.20. The maximum Gasteiger partial charge on any atom is 0.311 e. The van der Waals surface area contributed by atoms with Gasteiger partial charge in [-0.3, -0.25) is 14.4 Å². The summed E-state index contributed by atoms with van der Waals surface area (Å²) in [5.74, 6) is -0.925. The molecule has 5 nitrogen and oxygen atoms in total. The van der Waals surface area contributed by atoms with E-state index in [1.54, 1.807) is 66.2 Å². The molecule has 0 unspecified atom stereocenters. The van der Waals surface area contributed by atoms with Crippen LogP contribution in [-0.4, -0.2) is 29.2 Å². The molecule has 3 aromatic rings.